The number of rotatable bonds is 16. The van der Waals surface area contributed by atoms with Crippen LogP contribution in [0, 0.1) is 11.8 Å². The highest BCUT2D eigenvalue weighted by atomic mass is 16.6. The maximum Gasteiger partial charge on any atom is 0.410 e. The largest absolute Gasteiger partial charge is 0.493 e. The smallest absolute Gasteiger partial charge is 0.410 e. The molecule has 0 unspecified atom stereocenters. The van der Waals surface area contributed by atoms with Crippen molar-refractivity contribution in [1.82, 2.24) is 29.7 Å². The Kier molecular flexibility index (Phi) is 18.9. The van der Waals surface area contributed by atoms with E-state index in [-0.39, 0.29) is 28.7 Å². The van der Waals surface area contributed by atoms with E-state index < -0.39 is 5.60 Å². The first-order chi connectivity index (χ1) is 36.2. The zero-order valence-electron chi connectivity index (χ0n) is 46.2. The molecule has 8 rings (SSSR count). The van der Waals surface area contributed by atoms with Gasteiger partial charge in [0.15, 0.2) is 0 Å². The summed E-state index contributed by atoms with van der Waals surface area (Å²) in [6, 6.07) is 27.0. The first-order valence-electron chi connectivity index (χ1n) is 26.5. The van der Waals surface area contributed by atoms with E-state index in [2.05, 4.69) is 107 Å². The third kappa shape index (κ3) is 16.6. The van der Waals surface area contributed by atoms with Gasteiger partial charge in [0.2, 0.25) is 0 Å². The fourth-order valence-electron chi connectivity index (χ4n) is 9.41. The fourth-order valence-corrected chi connectivity index (χ4v) is 9.41. The monoisotopic (exact) mass is 1030 g/mol. The van der Waals surface area contributed by atoms with Crippen LogP contribution in [-0.2, 0) is 35.1 Å². The van der Waals surface area contributed by atoms with Gasteiger partial charge in [-0.3, -0.25) is 19.6 Å². The van der Waals surface area contributed by atoms with Gasteiger partial charge >= 0.3 is 6.09 Å². The summed E-state index contributed by atoms with van der Waals surface area (Å²) in [5.41, 5.74) is 7.64. The molecule has 0 atom stereocenters. The molecule has 4 aromatic heterocycles. The maximum absolute atomic E-state index is 13.4. The predicted molar refractivity (Wildman–Crippen MR) is 303 cm³/mol. The number of hydrogen-bond acceptors (Lipinski definition) is 12. The number of aryl methyl sites for hydroxylation is 1. The van der Waals surface area contributed by atoms with Crippen molar-refractivity contribution in [2.45, 2.75) is 118 Å². The Labute approximate surface area is 450 Å². The average molecular weight is 1030 g/mol. The summed E-state index contributed by atoms with van der Waals surface area (Å²) in [6.07, 6.45) is 14.0. The molecule has 0 bridgehead atoms. The molecule has 3 amide bonds. The second-order valence-electron chi connectivity index (χ2n) is 23.1. The lowest BCUT2D eigenvalue weighted by Gasteiger charge is -2.36. The topological polar surface area (TPSA) is 176 Å². The van der Waals surface area contributed by atoms with Gasteiger partial charge in [-0.1, -0.05) is 53.7 Å². The highest BCUT2D eigenvalue weighted by Gasteiger charge is 2.29. The van der Waals surface area contributed by atoms with Gasteiger partial charge < -0.3 is 40.5 Å². The van der Waals surface area contributed by atoms with E-state index in [1.165, 1.54) is 11.1 Å². The molecule has 2 fully saturated rings. The number of likely N-dealkylation sites (tertiary alicyclic amines) is 2. The minimum absolute atomic E-state index is 0.0225. The van der Waals surface area contributed by atoms with Gasteiger partial charge in [-0.25, -0.2) is 14.8 Å². The molecule has 0 spiro atoms. The van der Waals surface area contributed by atoms with Gasteiger partial charge in [0, 0.05) is 99.8 Å². The van der Waals surface area contributed by atoms with Crippen molar-refractivity contribution in [3.8, 4) is 5.75 Å². The van der Waals surface area contributed by atoms with Crippen LogP contribution < -0.4 is 26.0 Å². The third-order valence-corrected chi connectivity index (χ3v) is 13.4. The van der Waals surface area contributed by atoms with Crippen LogP contribution in [0.4, 0.5) is 27.8 Å². The van der Waals surface area contributed by atoms with Crippen LogP contribution in [0.15, 0.2) is 122 Å². The van der Waals surface area contributed by atoms with Crippen LogP contribution >= 0.6 is 0 Å². The lowest BCUT2D eigenvalue weighted by molar-refractivity contribution is 0.0181. The number of nitrogens with zero attached hydrogens (tertiary/aromatic N) is 6. The van der Waals surface area contributed by atoms with Crippen molar-refractivity contribution in [2.24, 2.45) is 11.8 Å². The molecule has 402 valence electrons. The number of amides is 3. The molecule has 4 N–H and O–H groups in total. The normalized spacial score (nSPS) is 14.4. The van der Waals surface area contributed by atoms with Gasteiger partial charge in [0.05, 0.1) is 17.7 Å². The summed E-state index contributed by atoms with van der Waals surface area (Å²) < 4.78 is 11.8. The summed E-state index contributed by atoms with van der Waals surface area (Å²) in [6.45, 7) is 24.2. The molecule has 15 heteroatoms. The molecule has 2 aromatic carbocycles. The van der Waals surface area contributed by atoms with Crippen LogP contribution in [0.25, 0.3) is 0 Å². The number of pyridine rings is 4. The van der Waals surface area contributed by atoms with Gasteiger partial charge in [-0.15, -0.1) is 0 Å². The van der Waals surface area contributed by atoms with Crippen molar-refractivity contribution in [1.29, 1.82) is 0 Å². The van der Waals surface area contributed by atoms with Crippen LogP contribution in [-0.4, -0.2) is 93.1 Å². The summed E-state index contributed by atoms with van der Waals surface area (Å²) in [7, 11) is 2.12. The van der Waals surface area contributed by atoms with Crippen molar-refractivity contribution in [2.75, 3.05) is 61.1 Å². The van der Waals surface area contributed by atoms with E-state index in [1.807, 2.05) is 74.2 Å². The Hall–Kier alpha value is -7.39. The first-order valence-corrected chi connectivity index (χ1v) is 26.5. The van der Waals surface area contributed by atoms with Crippen LogP contribution in [0.3, 0.4) is 0 Å². The van der Waals surface area contributed by atoms with Gasteiger partial charge in [-0.2, -0.15) is 0 Å². The molecule has 0 saturated carbocycles. The molecule has 2 aliphatic rings. The maximum atomic E-state index is 13.4. The molecular weight excluding hydrogens is 953 g/mol. The number of piperidine rings is 1. The number of hydrogen-bond donors (Lipinski definition) is 4. The van der Waals surface area contributed by atoms with Crippen LogP contribution in [0.5, 0.6) is 5.75 Å². The number of carbonyl (C=O) groups is 3. The number of aromatic nitrogens is 4. The zero-order chi connectivity index (χ0) is 54.5. The Bertz CT molecular complexity index is 2860. The molecule has 6 heterocycles. The van der Waals surface area contributed by atoms with E-state index in [0.29, 0.717) is 60.0 Å². The fraction of sp³-hybridized carbons (Fsp3) is 0.426. The summed E-state index contributed by atoms with van der Waals surface area (Å²) >= 11 is 0. The van der Waals surface area contributed by atoms with Crippen molar-refractivity contribution < 1.29 is 23.9 Å². The summed E-state index contributed by atoms with van der Waals surface area (Å²) in [5.74, 6) is 2.55. The molecule has 0 aliphatic carbocycles. The quantitative estimate of drug-likeness (QED) is 0.0723. The van der Waals surface area contributed by atoms with Gasteiger partial charge in [-0.05, 0) is 165 Å². The summed E-state index contributed by atoms with van der Waals surface area (Å²) in [4.78, 5) is 60.0. The molecule has 2 aliphatic heterocycles. The molecule has 0 radical (unpaired) electrons. The second-order valence-corrected chi connectivity index (χ2v) is 23.1. The molecule has 6 aromatic rings. The van der Waals surface area contributed by atoms with E-state index in [1.54, 1.807) is 61.4 Å². The van der Waals surface area contributed by atoms with Crippen molar-refractivity contribution in [3.05, 3.63) is 161 Å². The Morgan fingerprint density at radius 2 is 1.12 bits per heavy atom. The number of benzene rings is 2. The Morgan fingerprint density at radius 3 is 1.61 bits per heavy atom. The van der Waals surface area contributed by atoms with Crippen molar-refractivity contribution in [3.63, 3.8) is 0 Å². The lowest BCUT2D eigenvalue weighted by atomic mass is 9.81. The highest BCUT2D eigenvalue weighted by Crippen LogP contribution is 2.35. The van der Waals surface area contributed by atoms with Crippen molar-refractivity contribution >= 4 is 40.9 Å². The standard InChI is InChI=1S/C34H45N5O3.C27H33N5O2/c1-33(2,3)29-12-11-27(22-26(29)10-9-24-15-20-39(21-16-24)32(41)42-34(4,5)6)38-31(40)28-8-7-17-36-30(28)37-23-25-13-18-35-19-14-25;1-27(2,3)23-8-7-21(14-24(23)34-18-20-16-32(4)17-20)31-26(33)22-6-5-11-29-25(22)30-15-19-9-12-28-13-10-19/h7-8,11-14,17-19,22,24H,9-10,15-16,20-21,23H2,1-6H3,(H,36,37)(H,38,40);5-14,20H,15-18H2,1-4H3,(H,29,30)(H,31,33). The molecular formula is C61H78N10O5. The van der Waals surface area contributed by atoms with E-state index in [4.69, 9.17) is 9.47 Å². The third-order valence-electron chi connectivity index (χ3n) is 13.4. The highest BCUT2D eigenvalue weighted by molar-refractivity contribution is 6.08. The number of anilines is 4. The van der Waals surface area contributed by atoms with Gasteiger partial charge in [0.25, 0.3) is 11.8 Å². The predicted octanol–water partition coefficient (Wildman–Crippen LogP) is 11.8. The zero-order valence-corrected chi connectivity index (χ0v) is 46.2. The van der Waals surface area contributed by atoms with Crippen LogP contribution in [0.2, 0.25) is 0 Å². The number of ether oxygens (including phenoxy) is 2. The molecule has 15 nitrogen and oxygen atoms in total. The molecule has 76 heavy (non-hydrogen) atoms. The van der Waals surface area contributed by atoms with E-state index in [9.17, 15) is 14.4 Å². The van der Waals surface area contributed by atoms with E-state index >= 15 is 0 Å². The lowest BCUT2D eigenvalue weighted by Crippen LogP contribution is -2.46. The van der Waals surface area contributed by atoms with E-state index in [0.717, 1.165) is 80.0 Å². The van der Waals surface area contributed by atoms with Crippen LogP contribution in [0.1, 0.15) is 130 Å². The van der Waals surface area contributed by atoms with Gasteiger partial charge in [0.1, 0.15) is 23.0 Å². The average Bonchev–Trinajstić information content (AvgIpc) is 3.38. The minimum Gasteiger partial charge on any atom is -0.493 e. The summed E-state index contributed by atoms with van der Waals surface area (Å²) in [5, 5.41) is 12.7. The SMILES string of the molecule is CC(C)(C)OC(=O)N1CCC(CCc2cc(NC(=O)c3cccnc3NCc3ccncc3)ccc2C(C)(C)C)CC1.CN1CC(COc2cc(NC(=O)c3cccnc3NCc3ccncc3)ccc2C(C)(C)C)C1. The first kappa shape index (κ1) is 56.3. The molecule has 2 saturated heterocycles. The Balaban J connectivity index is 0.000000226. The number of nitrogens with one attached hydrogen (secondary N) is 4. The Morgan fingerprint density at radius 1 is 0.618 bits per heavy atom. The second kappa shape index (κ2) is 25.4. The minimum atomic E-state index is -0.479. The number of carbonyl (C=O) groups excluding carboxylic acids is 3.